The van der Waals surface area contributed by atoms with E-state index >= 15 is 0 Å². The molecule has 3 rings (SSSR count). The molecule has 0 aliphatic rings. The second kappa shape index (κ2) is 10.2. The van der Waals surface area contributed by atoms with E-state index in [0.29, 0.717) is 37.0 Å². The van der Waals surface area contributed by atoms with Gasteiger partial charge in [-0.2, -0.15) is 0 Å². The molecule has 158 valence electrons. The molecule has 1 aromatic heterocycles. The molecule has 2 aromatic carbocycles. The van der Waals surface area contributed by atoms with Crippen LogP contribution >= 0.6 is 11.6 Å². The molecule has 1 heterocycles. The van der Waals surface area contributed by atoms with Gasteiger partial charge in [0.05, 0.1) is 13.7 Å². The van der Waals surface area contributed by atoms with Crippen molar-refractivity contribution in [3.63, 3.8) is 0 Å². The average molecular weight is 426 g/mol. The van der Waals surface area contributed by atoms with Crippen LogP contribution in [-0.2, 0) is 13.1 Å². The first-order valence-electron chi connectivity index (χ1n) is 10.0. The summed E-state index contributed by atoms with van der Waals surface area (Å²) in [5.41, 5.74) is 2.81. The van der Waals surface area contributed by atoms with Crippen LogP contribution in [0.3, 0.4) is 0 Å². The number of halogens is 1. The van der Waals surface area contributed by atoms with E-state index in [1.165, 1.54) is 0 Å². The zero-order valence-electron chi connectivity index (χ0n) is 17.6. The number of benzene rings is 2. The van der Waals surface area contributed by atoms with Crippen molar-refractivity contribution in [2.45, 2.75) is 26.9 Å². The molecule has 0 atom stereocenters. The smallest absolute Gasteiger partial charge is 0.322 e. The van der Waals surface area contributed by atoms with Crippen LogP contribution in [0.4, 0.5) is 10.5 Å². The van der Waals surface area contributed by atoms with E-state index in [0.717, 1.165) is 16.3 Å². The molecule has 30 heavy (non-hydrogen) atoms. The first-order chi connectivity index (χ1) is 14.5. The van der Waals surface area contributed by atoms with Gasteiger partial charge in [-0.05, 0) is 41.8 Å². The fourth-order valence-electron chi connectivity index (χ4n) is 3.32. The van der Waals surface area contributed by atoms with Crippen molar-refractivity contribution in [3.05, 3.63) is 83.1 Å². The quantitative estimate of drug-likeness (QED) is 0.489. The summed E-state index contributed by atoms with van der Waals surface area (Å²) in [5.74, 6) is 1.05. The predicted octanol–water partition coefficient (Wildman–Crippen LogP) is 5.89. The molecule has 0 radical (unpaired) electrons. The van der Waals surface area contributed by atoms with Gasteiger partial charge in [0, 0.05) is 41.8 Å². The first-order valence-corrected chi connectivity index (χ1v) is 10.4. The molecule has 0 aliphatic carbocycles. The summed E-state index contributed by atoms with van der Waals surface area (Å²) < 4.78 is 7.38. The van der Waals surface area contributed by atoms with Crippen LogP contribution in [0.1, 0.15) is 25.1 Å². The van der Waals surface area contributed by atoms with Gasteiger partial charge in [0.1, 0.15) is 5.75 Å². The van der Waals surface area contributed by atoms with E-state index in [4.69, 9.17) is 16.3 Å². The SMILES string of the molecule is COc1cccc(NC(=O)N(Cc2cccn2Cc2ccccc2Cl)CC(C)C)c1. The summed E-state index contributed by atoms with van der Waals surface area (Å²) in [5, 5.41) is 3.73. The number of hydrogen-bond donors (Lipinski definition) is 1. The van der Waals surface area contributed by atoms with E-state index in [2.05, 4.69) is 23.7 Å². The Bertz CT molecular complexity index is 984. The van der Waals surface area contributed by atoms with Crippen molar-refractivity contribution in [3.8, 4) is 5.75 Å². The number of nitrogens with one attached hydrogen (secondary N) is 1. The highest BCUT2D eigenvalue weighted by molar-refractivity contribution is 6.31. The van der Waals surface area contributed by atoms with Gasteiger partial charge in [0.2, 0.25) is 0 Å². The minimum absolute atomic E-state index is 0.137. The number of amides is 2. The van der Waals surface area contributed by atoms with Crippen molar-refractivity contribution in [2.75, 3.05) is 19.0 Å². The highest BCUT2D eigenvalue weighted by atomic mass is 35.5. The standard InChI is InChI=1S/C24H28ClN3O2/c1-18(2)15-28(24(29)26-20-9-6-11-22(14-20)30-3)17-21-10-7-13-27(21)16-19-8-4-5-12-23(19)25/h4-14,18H,15-17H2,1-3H3,(H,26,29). The normalized spacial score (nSPS) is 10.8. The van der Waals surface area contributed by atoms with Crippen LogP contribution in [0, 0.1) is 5.92 Å². The summed E-state index contributed by atoms with van der Waals surface area (Å²) in [6.45, 7) is 6.02. The fourth-order valence-corrected chi connectivity index (χ4v) is 3.51. The van der Waals surface area contributed by atoms with Crippen molar-refractivity contribution >= 4 is 23.3 Å². The van der Waals surface area contributed by atoms with Gasteiger partial charge in [0.25, 0.3) is 0 Å². The van der Waals surface area contributed by atoms with Crippen molar-refractivity contribution in [1.82, 2.24) is 9.47 Å². The first kappa shape index (κ1) is 21.8. The largest absolute Gasteiger partial charge is 0.497 e. The number of methoxy groups -OCH3 is 1. The third-order valence-corrected chi connectivity index (χ3v) is 5.14. The van der Waals surface area contributed by atoms with E-state index < -0.39 is 0 Å². The lowest BCUT2D eigenvalue weighted by Gasteiger charge is -2.26. The van der Waals surface area contributed by atoms with Crippen LogP contribution in [0.15, 0.2) is 66.9 Å². The molecule has 0 saturated carbocycles. The van der Waals surface area contributed by atoms with E-state index in [1.807, 2.05) is 71.8 Å². The maximum absolute atomic E-state index is 13.0. The number of carbonyl (C=O) groups is 1. The number of ether oxygens (including phenoxy) is 1. The Labute approximate surface area is 183 Å². The molecule has 0 unspecified atom stereocenters. The lowest BCUT2D eigenvalue weighted by molar-refractivity contribution is 0.200. The van der Waals surface area contributed by atoms with Gasteiger partial charge in [-0.1, -0.05) is 49.7 Å². The third-order valence-electron chi connectivity index (χ3n) is 4.77. The zero-order chi connectivity index (χ0) is 21.5. The van der Waals surface area contributed by atoms with E-state index in [-0.39, 0.29) is 6.03 Å². The topological polar surface area (TPSA) is 46.5 Å². The Morgan fingerprint density at radius 3 is 2.67 bits per heavy atom. The van der Waals surface area contributed by atoms with E-state index in [9.17, 15) is 4.79 Å². The lowest BCUT2D eigenvalue weighted by atomic mass is 10.2. The third kappa shape index (κ3) is 5.80. The van der Waals surface area contributed by atoms with Crippen LogP contribution in [0.2, 0.25) is 5.02 Å². The minimum Gasteiger partial charge on any atom is -0.497 e. The van der Waals surface area contributed by atoms with Gasteiger partial charge in [-0.15, -0.1) is 0 Å². The summed E-state index contributed by atoms with van der Waals surface area (Å²) in [6, 6.07) is 19.1. The Kier molecular flexibility index (Phi) is 7.41. The molecular formula is C24H28ClN3O2. The molecule has 0 spiro atoms. The summed E-state index contributed by atoms with van der Waals surface area (Å²) >= 11 is 6.34. The molecule has 2 amide bonds. The molecule has 0 bridgehead atoms. The Morgan fingerprint density at radius 2 is 1.93 bits per heavy atom. The summed E-state index contributed by atoms with van der Waals surface area (Å²) in [7, 11) is 1.61. The molecule has 0 saturated heterocycles. The number of nitrogens with zero attached hydrogens (tertiary/aromatic N) is 2. The van der Waals surface area contributed by atoms with Gasteiger partial charge in [-0.25, -0.2) is 4.79 Å². The van der Waals surface area contributed by atoms with Gasteiger partial charge in [-0.3, -0.25) is 0 Å². The zero-order valence-corrected chi connectivity index (χ0v) is 18.4. The molecule has 0 fully saturated rings. The Balaban J connectivity index is 1.76. The predicted molar refractivity (Wildman–Crippen MR) is 122 cm³/mol. The summed E-state index contributed by atoms with van der Waals surface area (Å²) in [6.07, 6.45) is 2.02. The van der Waals surface area contributed by atoms with Crippen molar-refractivity contribution in [2.24, 2.45) is 5.92 Å². The Morgan fingerprint density at radius 1 is 1.13 bits per heavy atom. The highest BCUT2D eigenvalue weighted by Crippen LogP contribution is 2.20. The molecule has 3 aromatic rings. The fraction of sp³-hybridized carbons (Fsp3) is 0.292. The maximum Gasteiger partial charge on any atom is 0.322 e. The van der Waals surface area contributed by atoms with E-state index in [1.54, 1.807) is 7.11 Å². The van der Waals surface area contributed by atoms with Crippen LogP contribution in [-0.4, -0.2) is 29.2 Å². The highest BCUT2D eigenvalue weighted by Gasteiger charge is 2.18. The molecule has 6 heteroatoms. The van der Waals surface area contributed by atoms with Crippen LogP contribution in [0.5, 0.6) is 5.75 Å². The van der Waals surface area contributed by atoms with Crippen molar-refractivity contribution in [1.29, 1.82) is 0 Å². The lowest BCUT2D eigenvalue weighted by Crippen LogP contribution is -2.37. The molecule has 5 nitrogen and oxygen atoms in total. The maximum atomic E-state index is 13.0. The number of urea groups is 1. The monoisotopic (exact) mass is 425 g/mol. The Hall–Kier alpha value is -2.92. The second-order valence-corrected chi connectivity index (χ2v) is 8.06. The van der Waals surface area contributed by atoms with Crippen LogP contribution in [0.25, 0.3) is 0 Å². The number of anilines is 1. The van der Waals surface area contributed by atoms with Gasteiger partial charge >= 0.3 is 6.03 Å². The van der Waals surface area contributed by atoms with Crippen LogP contribution < -0.4 is 10.1 Å². The number of aromatic nitrogens is 1. The average Bonchev–Trinajstić information content (AvgIpc) is 3.15. The minimum atomic E-state index is -0.137. The van der Waals surface area contributed by atoms with Gasteiger partial charge in [0.15, 0.2) is 0 Å². The second-order valence-electron chi connectivity index (χ2n) is 7.66. The molecule has 1 N–H and O–H groups in total. The number of rotatable bonds is 8. The van der Waals surface area contributed by atoms with Crippen molar-refractivity contribution < 1.29 is 9.53 Å². The number of carbonyl (C=O) groups excluding carboxylic acids is 1. The summed E-state index contributed by atoms with van der Waals surface area (Å²) in [4.78, 5) is 14.9. The number of hydrogen-bond acceptors (Lipinski definition) is 2. The van der Waals surface area contributed by atoms with Gasteiger partial charge < -0.3 is 19.5 Å². The molecular weight excluding hydrogens is 398 g/mol. The molecule has 0 aliphatic heterocycles.